The molecule has 2 N–H and O–H groups in total. The molecule has 20 heavy (non-hydrogen) atoms. The zero-order chi connectivity index (χ0) is 14.5. The molecule has 0 radical (unpaired) electrons. The summed E-state index contributed by atoms with van der Waals surface area (Å²) < 4.78 is 5.50. The highest BCUT2D eigenvalue weighted by atomic mass is 32.1. The van der Waals surface area contributed by atoms with Crippen molar-refractivity contribution in [3.05, 3.63) is 29.3 Å². The van der Waals surface area contributed by atoms with Crippen molar-refractivity contribution in [1.29, 1.82) is 0 Å². The number of aromatic nitrogens is 1. The molecule has 0 aliphatic rings. The number of nitrogens with zero attached hydrogens (tertiary/aromatic N) is 1. The van der Waals surface area contributed by atoms with Crippen LogP contribution in [0.2, 0.25) is 0 Å². The lowest BCUT2D eigenvalue weighted by Gasteiger charge is -2.11. The number of ether oxygens (including phenoxy) is 1. The first-order chi connectivity index (χ1) is 9.58. The third-order valence-corrected chi connectivity index (χ3v) is 3.72. The minimum atomic E-state index is -0.734. The first-order valence-electron chi connectivity index (χ1n) is 6.12. The Morgan fingerprint density at radius 3 is 2.85 bits per heavy atom. The van der Waals surface area contributed by atoms with E-state index >= 15 is 0 Å². The first-order valence-corrected chi connectivity index (χ1v) is 6.93. The van der Waals surface area contributed by atoms with Crippen molar-refractivity contribution in [3.63, 3.8) is 0 Å². The van der Waals surface area contributed by atoms with Crippen molar-refractivity contribution < 1.29 is 19.2 Å². The van der Waals surface area contributed by atoms with Gasteiger partial charge < -0.3 is 9.64 Å². The Morgan fingerprint density at radius 2 is 2.15 bits per heavy atom. The van der Waals surface area contributed by atoms with E-state index in [2.05, 4.69) is 15.0 Å². The highest BCUT2D eigenvalue weighted by Gasteiger charge is 2.15. The molecular weight excluding hydrogens is 278 g/mol. The van der Waals surface area contributed by atoms with Gasteiger partial charge in [0.15, 0.2) is 6.54 Å². The van der Waals surface area contributed by atoms with Crippen molar-refractivity contribution in [1.82, 2.24) is 10.3 Å². The second kappa shape index (κ2) is 6.44. The van der Waals surface area contributed by atoms with Gasteiger partial charge in [-0.3, -0.25) is 10.1 Å². The van der Waals surface area contributed by atoms with Gasteiger partial charge in [-0.2, -0.15) is 0 Å². The summed E-state index contributed by atoms with van der Waals surface area (Å²) in [4.78, 5) is 27.9. The average molecular weight is 294 g/mol. The van der Waals surface area contributed by atoms with Gasteiger partial charge in [-0.05, 0) is 12.1 Å². The number of hydrogen-bond donors (Lipinski definition) is 2. The summed E-state index contributed by atoms with van der Waals surface area (Å²) in [7, 11) is 3.10. The summed E-state index contributed by atoms with van der Waals surface area (Å²) in [5, 5.41) is 3.10. The summed E-state index contributed by atoms with van der Waals surface area (Å²) >= 11 is 1.62. The first kappa shape index (κ1) is 14.4. The highest BCUT2D eigenvalue weighted by molar-refractivity contribution is 7.18. The van der Waals surface area contributed by atoms with E-state index in [0.717, 1.165) is 20.1 Å². The van der Waals surface area contributed by atoms with Crippen LogP contribution in [0.3, 0.4) is 0 Å². The maximum absolute atomic E-state index is 11.5. The van der Waals surface area contributed by atoms with E-state index in [-0.39, 0.29) is 12.5 Å². The summed E-state index contributed by atoms with van der Waals surface area (Å²) in [5.41, 5.74) is 0.972. The molecule has 0 saturated heterocycles. The fraction of sp³-hybridized carbons (Fsp3) is 0.308. The monoisotopic (exact) mass is 294 g/mol. The molecule has 2 aromatic rings. The molecule has 2 rings (SSSR count). The number of imide groups is 1. The smallest absolute Gasteiger partial charge is 0.413 e. The second-order valence-corrected chi connectivity index (χ2v) is 5.54. The van der Waals surface area contributed by atoms with E-state index in [1.807, 2.05) is 31.3 Å². The fourth-order valence-electron chi connectivity index (χ4n) is 1.80. The molecule has 0 aliphatic carbocycles. The van der Waals surface area contributed by atoms with E-state index < -0.39 is 6.09 Å². The maximum Gasteiger partial charge on any atom is 0.413 e. The van der Waals surface area contributed by atoms with Crippen LogP contribution in [0.4, 0.5) is 4.79 Å². The Kier molecular flexibility index (Phi) is 4.65. The summed E-state index contributed by atoms with van der Waals surface area (Å²) in [5.74, 6) is -0.365. The molecule has 7 heteroatoms. The van der Waals surface area contributed by atoms with Crippen LogP contribution in [0.25, 0.3) is 10.2 Å². The molecule has 0 saturated carbocycles. The van der Waals surface area contributed by atoms with Gasteiger partial charge in [0.05, 0.1) is 24.4 Å². The fourth-order valence-corrected chi connectivity index (χ4v) is 2.88. The molecule has 106 valence electrons. The van der Waals surface area contributed by atoms with Crippen molar-refractivity contribution in [3.8, 4) is 0 Å². The van der Waals surface area contributed by atoms with Crippen molar-refractivity contribution in [2.24, 2.45) is 0 Å². The molecule has 1 aromatic heterocycles. The summed E-state index contributed by atoms with van der Waals surface area (Å²) in [6, 6.07) is 7.92. The standard InChI is InChI=1S/C13H15N3O3S/c1-16(7-11(17)15-13(18)19-2)8-12-14-9-5-3-4-6-10(9)20-12/h3-6H,7-8H2,1-2H3,(H,15,17,18)/p+1. The zero-order valence-electron chi connectivity index (χ0n) is 11.3. The molecule has 0 bridgehead atoms. The Hall–Kier alpha value is -1.99. The van der Waals surface area contributed by atoms with Gasteiger partial charge in [0.2, 0.25) is 0 Å². The third kappa shape index (κ3) is 3.75. The van der Waals surface area contributed by atoms with E-state index in [1.165, 1.54) is 7.11 Å². The SMILES string of the molecule is COC(=O)NC(=O)C[NH+](C)Cc1nc2ccccc2s1. The minimum Gasteiger partial charge on any atom is -0.453 e. The van der Waals surface area contributed by atoms with Crippen LogP contribution in [0.5, 0.6) is 0 Å². The molecule has 1 atom stereocenters. The van der Waals surface area contributed by atoms with Crippen LogP contribution in [0, 0.1) is 0 Å². The molecule has 0 aliphatic heterocycles. The average Bonchev–Trinajstić information content (AvgIpc) is 2.79. The van der Waals surface area contributed by atoms with Gasteiger partial charge in [-0.25, -0.2) is 9.78 Å². The molecule has 6 nitrogen and oxygen atoms in total. The molecule has 1 unspecified atom stereocenters. The van der Waals surface area contributed by atoms with Gasteiger partial charge in [0.25, 0.3) is 5.91 Å². The molecule has 1 aromatic carbocycles. The number of carbonyl (C=O) groups excluding carboxylic acids is 2. The lowest BCUT2D eigenvalue weighted by atomic mass is 10.3. The number of carbonyl (C=O) groups is 2. The number of methoxy groups -OCH3 is 1. The third-order valence-electron chi connectivity index (χ3n) is 2.68. The van der Waals surface area contributed by atoms with Gasteiger partial charge in [-0.1, -0.05) is 12.1 Å². The number of thiazole rings is 1. The van der Waals surface area contributed by atoms with Gasteiger partial charge >= 0.3 is 6.09 Å². The van der Waals surface area contributed by atoms with Crippen LogP contribution in [-0.2, 0) is 16.1 Å². The number of benzene rings is 1. The van der Waals surface area contributed by atoms with Gasteiger partial charge in [-0.15, -0.1) is 11.3 Å². The number of alkyl carbamates (subject to hydrolysis) is 1. The largest absolute Gasteiger partial charge is 0.453 e. The van der Waals surface area contributed by atoms with Crippen molar-refractivity contribution >= 4 is 33.6 Å². The quantitative estimate of drug-likeness (QED) is 0.844. The van der Waals surface area contributed by atoms with Crippen LogP contribution in [-0.4, -0.2) is 37.7 Å². The molecule has 2 amide bonds. The van der Waals surface area contributed by atoms with E-state index in [0.29, 0.717) is 6.54 Å². The number of hydrogen-bond acceptors (Lipinski definition) is 5. The number of quaternary nitrogens is 1. The number of fused-ring (bicyclic) bond motifs is 1. The van der Waals surface area contributed by atoms with Crippen molar-refractivity contribution in [2.75, 3.05) is 20.7 Å². The molecule has 0 spiro atoms. The number of nitrogens with one attached hydrogen (secondary N) is 2. The van der Waals surface area contributed by atoms with Gasteiger partial charge in [0, 0.05) is 0 Å². The molecular formula is C13H16N3O3S+. The minimum absolute atomic E-state index is 0.186. The molecule has 0 fully saturated rings. The van der Waals surface area contributed by atoms with Gasteiger partial charge in [0.1, 0.15) is 11.6 Å². The Bertz CT molecular complexity index is 593. The van der Waals surface area contributed by atoms with Crippen LogP contribution >= 0.6 is 11.3 Å². The van der Waals surface area contributed by atoms with E-state index in [4.69, 9.17) is 0 Å². The Labute approximate surface area is 120 Å². The second-order valence-electron chi connectivity index (χ2n) is 4.43. The Balaban J connectivity index is 1.92. The lowest BCUT2D eigenvalue weighted by molar-refractivity contribution is -0.885. The predicted octanol–water partition coefficient (Wildman–Crippen LogP) is 0.194. The highest BCUT2D eigenvalue weighted by Crippen LogP contribution is 2.20. The predicted molar refractivity (Wildman–Crippen MR) is 75.6 cm³/mol. The summed E-state index contributed by atoms with van der Waals surface area (Å²) in [6.45, 7) is 0.818. The summed E-state index contributed by atoms with van der Waals surface area (Å²) in [6.07, 6.45) is -0.734. The van der Waals surface area contributed by atoms with Crippen LogP contribution in [0.15, 0.2) is 24.3 Å². The zero-order valence-corrected chi connectivity index (χ0v) is 12.1. The van der Waals surface area contributed by atoms with E-state index in [1.54, 1.807) is 11.3 Å². The normalized spacial score (nSPS) is 12.1. The van der Waals surface area contributed by atoms with Crippen LogP contribution in [0.1, 0.15) is 5.01 Å². The number of para-hydroxylation sites is 1. The number of likely N-dealkylation sites (N-methyl/N-ethyl adjacent to an activating group) is 1. The maximum atomic E-state index is 11.5. The van der Waals surface area contributed by atoms with Crippen molar-refractivity contribution in [2.45, 2.75) is 6.54 Å². The van der Waals surface area contributed by atoms with E-state index in [9.17, 15) is 9.59 Å². The number of rotatable bonds is 4. The molecule has 1 heterocycles. The van der Waals surface area contributed by atoms with Crippen LogP contribution < -0.4 is 10.2 Å². The lowest BCUT2D eigenvalue weighted by Crippen LogP contribution is -3.08. The topological polar surface area (TPSA) is 72.7 Å². The Morgan fingerprint density at radius 1 is 1.40 bits per heavy atom. The number of amides is 2.